The fourth-order valence-corrected chi connectivity index (χ4v) is 3.08. The minimum absolute atomic E-state index is 0.128. The third-order valence-corrected chi connectivity index (χ3v) is 4.69. The molecular formula is C14H28N2O2S. The molecule has 0 aromatic carbocycles. The summed E-state index contributed by atoms with van der Waals surface area (Å²) in [6.45, 7) is 9.08. The van der Waals surface area contributed by atoms with Crippen LogP contribution in [-0.4, -0.2) is 45.3 Å². The van der Waals surface area contributed by atoms with Crippen LogP contribution in [0.25, 0.3) is 0 Å². The molecule has 0 radical (unpaired) electrons. The van der Waals surface area contributed by atoms with E-state index in [-0.39, 0.29) is 12.1 Å². The van der Waals surface area contributed by atoms with Gasteiger partial charge >= 0.3 is 0 Å². The van der Waals surface area contributed by atoms with Crippen molar-refractivity contribution in [2.24, 2.45) is 5.92 Å². The molecule has 3 atom stereocenters. The molecule has 1 aliphatic heterocycles. The second-order valence-corrected chi connectivity index (χ2v) is 7.66. The van der Waals surface area contributed by atoms with Crippen molar-refractivity contribution in [2.75, 3.05) is 18.6 Å². The fraction of sp³-hybridized carbons (Fsp3) is 0.929. The van der Waals surface area contributed by atoms with Crippen molar-refractivity contribution < 1.29 is 9.00 Å². The summed E-state index contributed by atoms with van der Waals surface area (Å²) in [5.41, 5.74) is -0.426. The summed E-state index contributed by atoms with van der Waals surface area (Å²) < 4.78 is 11.1. The van der Waals surface area contributed by atoms with E-state index < -0.39 is 16.3 Å². The van der Waals surface area contributed by atoms with Crippen LogP contribution in [0, 0.1) is 5.92 Å². The molecule has 112 valence electrons. The standard InChI is InChI=1S/C14H28N2O2S/c1-6-14(4)13(17)16(8-7-9-19(5)18)12(15-14)10-11(2)3/h11-12,15H,6-10H2,1-5H3. The Labute approximate surface area is 119 Å². The van der Waals surface area contributed by atoms with Crippen molar-refractivity contribution in [3.05, 3.63) is 0 Å². The van der Waals surface area contributed by atoms with E-state index in [1.807, 2.05) is 18.7 Å². The van der Waals surface area contributed by atoms with Crippen LogP contribution < -0.4 is 5.32 Å². The molecule has 0 aromatic heterocycles. The van der Waals surface area contributed by atoms with Gasteiger partial charge in [0.2, 0.25) is 5.91 Å². The van der Waals surface area contributed by atoms with Crippen LogP contribution in [0.4, 0.5) is 0 Å². The molecule has 1 aliphatic rings. The quantitative estimate of drug-likeness (QED) is 0.776. The third kappa shape index (κ3) is 4.28. The number of carbonyl (C=O) groups is 1. The normalized spacial score (nSPS) is 29.3. The monoisotopic (exact) mass is 288 g/mol. The lowest BCUT2D eigenvalue weighted by atomic mass is 9.99. The average Bonchev–Trinajstić information content (AvgIpc) is 2.53. The zero-order valence-corrected chi connectivity index (χ0v) is 13.7. The molecule has 1 amide bonds. The molecule has 0 bridgehead atoms. The zero-order chi connectivity index (χ0) is 14.6. The topological polar surface area (TPSA) is 49.4 Å². The van der Waals surface area contributed by atoms with Gasteiger partial charge in [-0.25, -0.2) is 0 Å². The van der Waals surface area contributed by atoms with Crippen molar-refractivity contribution >= 4 is 16.7 Å². The highest BCUT2D eigenvalue weighted by atomic mass is 32.2. The lowest BCUT2D eigenvalue weighted by Crippen LogP contribution is -2.44. The second kappa shape index (κ2) is 6.84. The lowest BCUT2D eigenvalue weighted by Gasteiger charge is -2.25. The number of nitrogens with zero attached hydrogens (tertiary/aromatic N) is 1. The van der Waals surface area contributed by atoms with Gasteiger partial charge in [0, 0.05) is 29.4 Å². The summed E-state index contributed by atoms with van der Waals surface area (Å²) in [7, 11) is -0.778. The number of rotatable bonds is 7. The SMILES string of the molecule is CCC1(C)NC(CC(C)C)N(CCCS(C)=O)C1=O. The van der Waals surface area contributed by atoms with E-state index in [4.69, 9.17) is 0 Å². The number of carbonyl (C=O) groups excluding carboxylic acids is 1. The van der Waals surface area contributed by atoms with Crippen molar-refractivity contribution in [2.45, 2.75) is 58.7 Å². The van der Waals surface area contributed by atoms with Gasteiger partial charge < -0.3 is 4.90 Å². The van der Waals surface area contributed by atoms with E-state index >= 15 is 0 Å². The molecule has 0 aromatic rings. The molecule has 5 heteroatoms. The van der Waals surface area contributed by atoms with Gasteiger partial charge in [-0.2, -0.15) is 0 Å². The Bertz CT molecular complexity index is 346. The summed E-state index contributed by atoms with van der Waals surface area (Å²) in [6.07, 6.45) is 4.42. The van der Waals surface area contributed by atoms with Crippen molar-refractivity contribution in [3.63, 3.8) is 0 Å². The van der Waals surface area contributed by atoms with Gasteiger partial charge in [-0.1, -0.05) is 20.8 Å². The first-order valence-electron chi connectivity index (χ1n) is 7.19. The molecule has 19 heavy (non-hydrogen) atoms. The van der Waals surface area contributed by atoms with Crippen LogP contribution >= 0.6 is 0 Å². The van der Waals surface area contributed by atoms with E-state index in [1.54, 1.807) is 6.26 Å². The molecule has 1 saturated heterocycles. The highest BCUT2D eigenvalue weighted by Crippen LogP contribution is 2.26. The summed E-state index contributed by atoms with van der Waals surface area (Å²) in [5.74, 6) is 1.41. The number of amides is 1. The molecule has 0 spiro atoms. The van der Waals surface area contributed by atoms with Crippen molar-refractivity contribution in [3.8, 4) is 0 Å². The predicted octanol–water partition coefficient (Wildman–Crippen LogP) is 1.73. The lowest BCUT2D eigenvalue weighted by molar-refractivity contribution is -0.133. The molecule has 1 rings (SSSR count). The summed E-state index contributed by atoms with van der Waals surface area (Å²) in [6, 6.07) is 0. The summed E-state index contributed by atoms with van der Waals surface area (Å²) >= 11 is 0. The smallest absolute Gasteiger partial charge is 0.243 e. The van der Waals surface area contributed by atoms with Crippen molar-refractivity contribution in [1.29, 1.82) is 0 Å². The van der Waals surface area contributed by atoms with Gasteiger partial charge in [-0.15, -0.1) is 0 Å². The Balaban J connectivity index is 2.71. The Morgan fingerprint density at radius 1 is 1.47 bits per heavy atom. The van der Waals surface area contributed by atoms with Gasteiger partial charge in [0.05, 0.1) is 11.7 Å². The maximum Gasteiger partial charge on any atom is 0.243 e. The van der Waals surface area contributed by atoms with Crippen LogP contribution in [-0.2, 0) is 15.6 Å². The predicted molar refractivity (Wildman–Crippen MR) is 80.3 cm³/mol. The first-order valence-corrected chi connectivity index (χ1v) is 8.91. The molecule has 3 unspecified atom stereocenters. The highest BCUT2D eigenvalue weighted by Gasteiger charge is 2.46. The van der Waals surface area contributed by atoms with Crippen LogP contribution in [0.1, 0.15) is 47.0 Å². The number of nitrogens with one attached hydrogen (secondary N) is 1. The molecule has 4 nitrogen and oxygen atoms in total. The molecule has 0 aliphatic carbocycles. The maximum atomic E-state index is 12.5. The first kappa shape index (κ1) is 16.6. The molecular weight excluding hydrogens is 260 g/mol. The highest BCUT2D eigenvalue weighted by molar-refractivity contribution is 7.84. The second-order valence-electron chi connectivity index (χ2n) is 6.10. The molecule has 0 saturated carbocycles. The van der Waals surface area contributed by atoms with E-state index in [9.17, 15) is 9.00 Å². The fourth-order valence-electron chi connectivity index (χ4n) is 2.55. The first-order chi connectivity index (χ1) is 8.80. The van der Waals surface area contributed by atoms with Gasteiger partial charge in [-0.3, -0.25) is 14.3 Å². The van der Waals surface area contributed by atoms with Crippen LogP contribution in [0.2, 0.25) is 0 Å². The van der Waals surface area contributed by atoms with Gasteiger partial charge in [0.25, 0.3) is 0 Å². The van der Waals surface area contributed by atoms with E-state index in [2.05, 4.69) is 19.2 Å². The number of hydrogen-bond acceptors (Lipinski definition) is 3. The van der Waals surface area contributed by atoms with Crippen molar-refractivity contribution in [1.82, 2.24) is 10.2 Å². The van der Waals surface area contributed by atoms with Crippen LogP contribution in [0.15, 0.2) is 0 Å². The molecule has 1 N–H and O–H groups in total. The third-order valence-electron chi connectivity index (χ3n) is 3.83. The van der Waals surface area contributed by atoms with Gasteiger partial charge in [0.15, 0.2) is 0 Å². The Morgan fingerprint density at radius 2 is 2.11 bits per heavy atom. The molecule has 1 fully saturated rings. The van der Waals surface area contributed by atoms with E-state index in [0.29, 0.717) is 18.2 Å². The van der Waals surface area contributed by atoms with Gasteiger partial charge in [-0.05, 0) is 32.1 Å². The number of hydrogen-bond donors (Lipinski definition) is 1. The minimum atomic E-state index is -0.778. The minimum Gasteiger partial charge on any atom is -0.326 e. The van der Waals surface area contributed by atoms with Crippen LogP contribution in [0.3, 0.4) is 0 Å². The summed E-state index contributed by atoms with van der Waals surface area (Å²) in [4.78, 5) is 14.5. The zero-order valence-electron chi connectivity index (χ0n) is 12.9. The Hall–Kier alpha value is -0.420. The Morgan fingerprint density at radius 3 is 2.58 bits per heavy atom. The van der Waals surface area contributed by atoms with Crippen LogP contribution in [0.5, 0.6) is 0 Å². The summed E-state index contributed by atoms with van der Waals surface area (Å²) in [5, 5.41) is 3.49. The van der Waals surface area contributed by atoms with E-state index in [1.165, 1.54) is 0 Å². The largest absolute Gasteiger partial charge is 0.326 e. The maximum absolute atomic E-state index is 12.5. The van der Waals surface area contributed by atoms with E-state index in [0.717, 1.165) is 19.3 Å². The average molecular weight is 288 g/mol. The Kier molecular flexibility index (Phi) is 5.99. The molecule has 1 heterocycles. The van der Waals surface area contributed by atoms with Gasteiger partial charge in [0.1, 0.15) is 0 Å².